The summed E-state index contributed by atoms with van der Waals surface area (Å²) in [6.07, 6.45) is 1.02. The number of hydrogen-bond acceptors (Lipinski definition) is 5. The average Bonchev–Trinajstić information content (AvgIpc) is 2.28. The van der Waals surface area contributed by atoms with Gasteiger partial charge in [-0.2, -0.15) is 0 Å². The molecule has 0 aromatic rings. The van der Waals surface area contributed by atoms with Crippen molar-refractivity contribution in [2.45, 2.75) is 12.5 Å². The molecule has 5 nitrogen and oxygen atoms in total. The van der Waals surface area contributed by atoms with Crippen LogP contribution in [0.3, 0.4) is 0 Å². The molecular weight excluding hydrogens is 210 g/mol. The van der Waals surface area contributed by atoms with E-state index in [0.717, 1.165) is 13.0 Å². The first kappa shape index (κ1) is 15.8. The molecule has 1 unspecified atom stereocenters. The lowest BCUT2D eigenvalue weighted by molar-refractivity contribution is -0.0115. The number of nitrogens with one attached hydrogen (secondary N) is 1. The van der Waals surface area contributed by atoms with Crippen LogP contribution in [0.2, 0.25) is 0 Å². The van der Waals surface area contributed by atoms with E-state index >= 15 is 0 Å². The van der Waals surface area contributed by atoms with Crippen molar-refractivity contribution in [1.82, 2.24) is 5.32 Å². The minimum Gasteiger partial charge on any atom is -0.382 e. The fourth-order valence-corrected chi connectivity index (χ4v) is 1.23. The van der Waals surface area contributed by atoms with Crippen LogP contribution >= 0.6 is 0 Å². The number of ether oxygens (including phenoxy) is 4. The maximum Gasteiger partial charge on any atom is 0.0932 e. The van der Waals surface area contributed by atoms with Crippen LogP contribution in [0, 0.1) is 0 Å². The molecule has 0 fully saturated rings. The van der Waals surface area contributed by atoms with Gasteiger partial charge in [-0.3, -0.25) is 0 Å². The van der Waals surface area contributed by atoms with Crippen LogP contribution in [-0.4, -0.2) is 67.0 Å². The van der Waals surface area contributed by atoms with Gasteiger partial charge in [-0.25, -0.2) is 0 Å². The molecule has 0 saturated heterocycles. The second-order valence-electron chi connectivity index (χ2n) is 3.46. The van der Waals surface area contributed by atoms with Gasteiger partial charge in [-0.15, -0.1) is 0 Å². The Morgan fingerprint density at radius 3 is 2.44 bits per heavy atom. The summed E-state index contributed by atoms with van der Waals surface area (Å²) in [5.41, 5.74) is 0. The predicted molar refractivity (Wildman–Crippen MR) is 62.9 cm³/mol. The molecule has 0 aliphatic rings. The van der Waals surface area contributed by atoms with Gasteiger partial charge in [-0.05, 0) is 13.5 Å². The lowest BCUT2D eigenvalue weighted by Crippen LogP contribution is -2.31. The summed E-state index contributed by atoms with van der Waals surface area (Å²) < 4.78 is 20.9. The lowest BCUT2D eigenvalue weighted by Gasteiger charge is -2.16. The van der Waals surface area contributed by atoms with Crippen LogP contribution in [0.4, 0.5) is 0 Å². The fraction of sp³-hybridized carbons (Fsp3) is 1.00. The zero-order valence-electron chi connectivity index (χ0n) is 10.7. The maximum absolute atomic E-state index is 5.63. The maximum atomic E-state index is 5.63. The highest BCUT2D eigenvalue weighted by Gasteiger charge is 2.06. The smallest absolute Gasteiger partial charge is 0.0932 e. The molecule has 0 amide bonds. The van der Waals surface area contributed by atoms with Crippen molar-refractivity contribution < 1.29 is 18.9 Å². The van der Waals surface area contributed by atoms with Crippen molar-refractivity contribution in [2.24, 2.45) is 0 Å². The van der Waals surface area contributed by atoms with Gasteiger partial charge in [0.2, 0.25) is 0 Å². The fourth-order valence-electron chi connectivity index (χ4n) is 1.23. The molecule has 0 aliphatic heterocycles. The van der Waals surface area contributed by atoms with Crippen molar-refractivity contribution in [3.05, 3.63) is 0 Å². The van der Waals surface area contributed by atoms with Gasteiger partial charge in [0.25, 0.3) is 0 Å². The second-order valence-corrected chi connectivity index (χ2v) is 3.46. The molecule has 0 aromatic carbocycles. The molecule has 5 heteroatoms. The van der Waals surface area contributed by atoms with Gasteiger partial charge in [0.15, 0.2) is 0 Å². The quantitative estimate of drug-likeness (QED) is 0.493. The average molecular weight is 235 g/mol. The van der Waals surface area contributed by atoms with Crippen molar-refractivity contribution in [3.8, 4) is 0 Å². The summed E-state index contributed by atoms with van der Waals surface area (Å²) >= 11 is 0. The molecule has 0 radical (unpaired) electrons. The van der Waals surface area contributed by atoms with Crippen molar-refractivity contribution >= 4 is 0 Å². The van der Waals surface area contributed by atoms with Crippen LogP contribution in [0.1, 0.15) is 6.42 Å². The third kappa shape index (κ3) is 10.3. The molecular formula is C11H25NO4. The second kappa shape index (κ2) is 12.9. The highest BCUT2D eigenvalue weighted by Crippen LogP contribution is 1.94. The number of likely N-dealkylation sites (N-methyl/N-ethyl adjacent to an activating group) is 1. The van der Waals surface area contributed by atoms with Crippen molar-refractivity contribution in [1.29, 1.82) is 0 Å². The van der Waals surface area contributed by atoms with Crippen LogP contribution < -0.4 is 5.32 Å². The van der Waals surface area contributed by atoms with E-state index in [-0.39, 0.29) is 6.10 Å². The molecule has 16 heavy (non-hydrogen) atoms. The normalized spacial score (nSPS) is 12.9. The van der Waals surface area contributed by atoms with E-state index in [9.17, 15) is 0 Å². The molecule has 0 rings (SSSR count). The van der Waals surface area contributed by atoms with E-state index in [1.807, 2.05) is 7.05 Å². The van der Waals surface area contributed by atoms with Crippen molar-refractivity contribution in [2.75, 3.05) is 60.8 Å². The first-order valence-corrected chi connectivity index (χ1v) is 5.67. The first-order chi connectivity index (χ1) is 7.85. The Balaban J connectivity index is 3.25. The Hall–Kier alpha value is -0.200. The largest absolute Gasteiger partial charge is 0.382 e. The standard InChI is InChI=1S/C11H25NO4/c1-12-9-11(10-14-3)16-6-4-5-15-8-7-13-2/h11-12H,4-10H2,1-3H3. The van der Waals surface area contributed by atoms with Crippen LogP contribution in [-0.2, 0) is 18.9 Å². The number of rotatable bonds is 12. The number of hydrogen-bond donors (Lipinski definition) is 1. The Morgan fingerprint density at radius 1 is 1.00 bits per heavy atom. The third-order valence-electron chi connectivity index (χ3n) is 2.00. The highest BCUT2D eigenvalue weighted by atomic mass is 16.5. The van der Waals surface area contributed by atoms with Gasteiger partial charge in [-0.1, -0.05) is 0 Å². The molecule has 0 spiro atoms. The Bertz CT molecular complexity index is 129. The predicted octanol–water partition coefficient (Wildman–Crippen LogP) is 0.291. The van der Waals surface area contributed by atoms with Crippen LogP contribution in [0.15, 0.2) is 0 Å². The van der Waals surface area contributed by atoms with Crippen molar-refractivity contribution in [3.63, 3.8) is 0 Å². The van der Waals surface area contributed by atoms with Crippen LogP contribution in [0.25, 0.3) is 0 Å². The lowest BCUT2D eigenvalue weighted by atomic mass is 10.3. The zero-order chi connectivity index (χ0) is 12.1. The first-order valence-electron chi connectivity index (χ1n) is 5.67. The summed E-state index contributed by atoms with van der Waals surface area (Å²) in [6.45, 7) is 4.12. The van der Waals surface area contributed by atoms with E-state index in [1.54, 1.807) is 14.2 Å². The summed E-state index contributed by atoms with van der Waals surface area (Å²) in [5, 5.41) is 3.07. The summed E-state index contributed by atoms with van der Waals surface area (Å²) in [5.74, 6) is 0. The molecule has 0 aliphatic carbocycles. The summed E-state index contributed by atoms with van der Waals surface area (Å²) in [4.78, 5) is 0. The Kier molecular flexibility index (Phi) is 12.7. The minimum atomic E-state index is 0.119. The summed E-state index contributed by atoms with van der Waals surface area (Å²) in [7, 11) is 5.25. The molecule has 98 valence electrons. The van der Waals surface area contributed by atoms with Gasteiger partial charge < -0.3 is 24.3 Å². The van der Waals surface area contributed by atoms with Gasteiger partial charge >= 0.3 is 0 Å². The highest BCUT2D eigenvalue weighted by molar-refractivity contribution is 4.58. The molecule has 0 heterocycles. The Morgan fingerprint density at radius 2 is 1.81 bits per heavy atom. The van der Waals surface area contributed by atoms with E-state index in [4.69, 9.17) is 18.9 Å². The third-order valence-corrected chi connectivity index (χ3v) is 2.00. The van der Waals surface area contributed by atoms with E-state index < -0.39 is 0 Å². The van der Waals surface area contributed by atoms with Gasteiger partial charge in [0.1, 0.15) is 0 Å². The molecule has 1 N–H and O–H groups in total. The topological polar surface area (TPSA) is 49.0 Å². The summed E-state index contributed by atoms with van der Waals surface area (Å²) in [6, 6.07) is 0. The Labute approximate surface area is 98.4 Å². The van der Waals surface area contributed by atoms with Crippen LogP contribution in [0.5, 0.6) is 0 Å². The SMILES string of the molecule is CNCC(COC)OCCCOCCOC. The molecule has 0 aromatic heterocycles. The monoisotopic (exact) mass is 235 g/mol. The number of methoxy groups -OCH3 is 2. The van der Waals surface area contributed by atoms with Gasteiger partial charge in [0.05, 0.1) is 25.9 Å². The van der Waals surface area contributed by atoms with E-state index in [0.29, 0.717) is 33.0 Å². The van der Waals surface area contributed by atoms with E-state index in [2.05, 4.69) is 5.32 Å². The van der Waals surface area contributed by atoms with Gasteiger partial charge in [0, 0.05) is 34.0 Å². The zero-order valence-corrected chi connectivity index (χ0v) is 10.7. The molecule has 1 atom stereocenters. The van der Waals surface area contributed by atoms with E-state index in [1.165, 1.54) is 0 Å². The minimum absolute atomic E-state index is 0.119. The molecule has 0 bridgehead atoms. The molecule has 0 saturated carbocycles.